The van der Waals surface area contributed by atoms with Crippen LogP contribution in [0.2, 0.25) is 0 Å². The number of ether oxygens (including phenoxy) is 1. The second kappa shape index (κ2) is 9.20. The van der Waals surface area contributed by atoms with Crippen molar-refractivity contribution in [3.05, 3.63) is 0 Å². The second-order valence-electron chi connectivity index (χ2n) is 14.8. The summed E-state index contributed by atoms with van der Waals surface area (Å²) in [4.78, 5) is 0. The van der Waals surface area contributed by atoms with Crippen LogP contribution < -0.4 is 0 Å². The van der Waals surface area contributed by atoms with E-state index >= 15 is 0 Å². The monoisotopic (exact) mass is 444 g/mol. The lowest BCUT2D eigenvalue weighted by Gasteiger charge is -2.61. The van der Waals surface area contributed by atoms with Crippen LogP contribution in [0.4, 0.5) is 0 Å². The molecule has 0 amide bonds. The van der Waals surface area contributed by atoms with E-state index in [2.05, 4.69) is 55.4 Å². The molecule has 0 aromatic rings. The highest BCUT2D eigenvalue weighted by Crippen LogP contribution is 2.68. The first-order valence-corrected chi connectivity index (χ1v) is 14.6. The van der Waals surface area contributed by atoms with Crippen LogP contribution in [0.5, 0.6) is 0 Å². The molecular weight excluding hydrogens is 388 g/mol. The van der Waals surface area contributed by atoms with Crippen LogP contribution in [0.3, 0.4) is 0 Å². The van der Waals surface area contributed by atoms with E-state index in [-0.39, 0.29) is 5.60 Å². The minimum Gasteiger partial charge on any atom is -0.373 e. The smallest absolute Gasteiger partial charge is 0.0602 e. The summed E-state index contributed by atoms with van der Waals surface area (Å²) in [5, 5.41) is 0. The van der Waals surface area contributed by atoms with Crippen molar-refractivity contribution in [3.63, 3.8) is 0 Å². The Morgan fingerprint density at radius 1 is 0.812 bits per heavy atom. The minimum absolute atomic E-state index is 0.00693. The molecular formula is C31H56O. The Bertz CT molecular complexity index is 631. The second-order valence-corrected chi connectivity index (χ2v) is 14.8. The van der Waals surface area contributed by atoms with Gasteiger partial charge in [-0.2, -0.15) is 0 Å². The molecule has 0 radical (unpaired) electrons. The van der Waals surface area contributed by atoms with E-state index < -0.39 is 0 Å². The van der Waals surface area contributed by atoms with Gasteiger partial charge in [-0.05, 0) is 131 Å². The van der Waals surface area contributed by atoms with Gasteiger partial charge in [0.25, 0.3) is 0 Å². The lowest BCUT2D eigenvalue weighted by molar-refractivity contribution is -0.155. The van der Waals surface area contributed by atoms with Crippen molar-refractivity contribution in [2.45, 2.75) is 144 Å². The van der Waals surface area contributed by atoms with Gasteiger partial charge in [0.05, 0.1) is 11.7 Å². The Hall–Kier alpha value is -0.0400. The molecule has 1 nitrogen and oxygen atoms in total. The summed E-state index contributed by atoms with van der Waals surface area (Å²) in [6, 6.07) is 0. The first-order chi connectivity index (χ1) is 14.9. The fraction of sp³-hybridized carbons (Fsp3) is 1.00. The largest absolute Gasteiger partial charge is 0.373 e. The Morgan fingerprint density at radius 2 is 1.50 bits per heavy atom. The van der Waals surface area contributed by atoms with Gasteiger partial charge in [0, 0.05) is 0 Å². The first-order valence-electron chi connectivity index (χ1n) is 14.6. The van der Waals surface area contributed by atoms with E-state index in [1.165, 1.54) is 77.0 Å². The topological polar surface area (TPSA) is 9.23 Å². The Kier molecular flexibility index (Phi) is 7.21. The molecule has 0 N–H and O–H groups in total. The van der Waals surface area contributed by atoms with E-state index in [0.29, 0.717) is 16.9 Å². The van der Waals surface area contributed by atoms with Gasteiger partial charge in [-0.25, -0.2) is 0 Å². The Morgan fingerprint density at radius 3 is 2.19 bits per heavy atom. The molecule has 0 saturated heterocycles. The first kappa shape index (κ1) is 25.1. The lowest BCUT2D eigenvalue weighted by atomic mass is 9.44. The maximum atomic E-state index is 6.48. The fourth-order valence-electron chi connectivity index (χ4n) is 9.85. The average molecular weight is 445 g/mol. The molecule has 9 atom stereocenters. The van der Waals surface area contributed by atoms with Gasteiger partial charge < -0.3 is 4.74 Å². The van der Waals surface area contributed by atoms with E-state index in [9.17, 15) is 0 Å². The molecule has 0 bridgehead atoms. The average Bonchev–Trinajstić information content (AvgIpc) is 3.04. The maximum Gasteiger partial charge on any atom is 0.0602 e. The molecule has 4 saturated carbocycles. The van der Waals surface area contributed by atoms with Crippen molar-refractivity contribution >= 4 is 0 Å². The number of hydrogen-bond donors (Lipinski definition) is 0. The molecule has 1 heteroatoms. The zero-order valence-electron chi connectivity index (χ0n) is 23.0. The summed E-state index contributed by atoms with van der Waals surface area (Å²) in [5.41, 5.74) is 1.23. The molecule has 186 valence electrons. The van der Waals surface area contributed by atoms with E-state index in [1.54, 1.807) is 0 Å². The third-order valence-electron chi connectivity index (χ3n) is 11.3. The lowest BCUT2D eigenvalue weighted by Crippen LogP contribution is -2.54. The molecule has 4 aliphatic rings. The van der Waals surface area contributed by atoms with Crippen molar-refractivity contribution in [2.75, 3.05) is 0 Å². The third kappa shape index (κ3) is 4.72. The van der Waals surface area contributed by atoms with Crippen LogP contribution in [0.1, 0.15) is 132 Å². The highest BCUT2D eigenvalue weighted by atomic mass is 16.5. The molecule has 0 heterocycles. The van der Waals surface area contributed by atoms with Gasteiger partial charge in [0.1, 0.15) is 0 Å². The normalized spacial score (nSPS) is 45.3. The van der Waals surface area contributed by atoms with E-state index in [1.807, 2.05) is 0 Å². The van der Waals surface area contributed by atoms with Crippen LogP contribution in [0.25, 0.3) is 0 Å². The van der Waals surface area contributed by atoms with Gasteiger partial charge in [-0.3, -0.25) is 0 Å². The number of fused-ring (bicyclic) bond motifs is 5. The third-order valence-corrected chi connectivity index (χ3v) is 11.3. The molecule has 0 spiro atoms. The van der Waals surface area contributed by atoms with Crippen molar-refractivity contribution in [1.29, 1.82) is 0 Å². The quantitative estimate of drug-likeness (QED) is 0.396. The van der Waals surface area contributed by atoms with Crippen LogP contribution in [0.15, 0.2) is 0 Å². The predicted octanol–water partition coefficient (Wildman–Crippen LogP) is 9.29. The molecule has 0 aromatic carbocycles. The summed E-state index contributed by atoms with van der Waals surface area (Å²) in [6.45, 7) is 19.6. The zero-order chi connectivity index (χ0) is 23.3. The summed E-state index contributed by atoms with van der Waals surface area (Å²) in [6.07, 6.45) is 18.0. The minimum atomic E-state index is 0.00693. The summed E-state index contributed by atoms with van der Waals surface area (Å²) < 4.78 is 6.48. The van der Waals surface area contributed by atoms with Gasteiger partial charge in [0.15, 0.2) is 0 Å². The van der Waals surface area contributed by atoms with Crippen molar-refractivity contribution in [2.24, 2.45) is 52.3 Å². The van der Waals surface area contributed by atoms with Gasteiger partial charge in [-0.15, -0.1) is 0 Å². The fourth-order valence-corrected chi connectivity index (χ4v) is 9.85. The molecule has 0 aromatic heterocycles. The number of rotatable bonds is 6. The molecule has 2 unspecified atom stereocenters. The highest BCUT2D eigenvalue weighted by Gasteiger charge is 2.60. The standard InChI is InChI=1S/C31H56O/c1-21(2)10-9-11-22(3)26-14-15-27-25-13-12-23-20-24(32-29(4,5)6)16-18-30(23,7)28(25)17-19-31(26,27)8/h21-28H,9-20H2,1-8H3/t22-,23?,24?,25+,26-,27+,28+,30+,31-/m1/s1. The van der Waals surface area contributed by atoms with Gasteiger partial charge >= 0.3 is 0 Å². The van der Waals surface area contributed by atoms with Crippen molar-refractivity contribution < 1.29 is 4.74 Å². The molecule has 4 rings (SSSR count). The van der Waals surface area contributed by atoms with Gasteiger partial charge in [-0.1, -0.05) is 53.9 Å². The van der Waals surface area contributed by atoms with Crippen LogP contribution in [0, 0.1) is 52.3 Å². The maximum absolute atomic E-state index is 6.48. The molecule has 0 aliphatic heterocycles. The SMILES string of the molecule is CC(C)CCC[C@@H](C)[C@H]1CC[C@H]2[C@@H]3CCC4CC(OC(C)(C)C)CC[C@]4(C)[C@H]3CC[C@]12C. The van der Waals surface area contributed by atoms with Crippen LogP contribution >= 0.6 is 0 Å². The van der Waals surface area contributed by atoms with Crippen LogP contribution in [-0.4, -0.2) is 11.7 Å². The zero-order valence-corrected chi connectivity index (χ0v) is 23.0. The summed E-state index contributed by atoms with van der Waals surface area (Å²) >= 11 is 0. The predicted molar refractivity (Wildman–Crippen MR) is 138 cm³/mol. The Balaban J connectivity index is 1.42. The van der Waals surface area contributed by atoms with E-state index in [4.69, 9.17) is 4.74 Å². The van der Waals surface area contributed by atoms with Crippen molar-refractivity contribution in [1.82, 2.24) is 0 Å². The van der Waals surface area contributed by atoms with E-state index in [0.717, 1.165) is 41.4 Å². The summed E-state index contributed by atoms with van der Waals surface area (Å²) in [7, 11) is 0. The molecule has 4 aliphatic carbocycles. The summed E-state index contributed by atoms with van der Waals surface area (Å²) in [5.74, 6) is 6.71. The number of hydrogen-bond acceptors (Lipinski definition) is 1. The highest BCUT2D eigenvalue weighted by molar-refractivity contribution is 5.09. The molecule has 4 fully saturated rings. The Labute approximate surface area is 201 Å². The van der Waals surface area contributed by atoms with Crippen LogP contribution in [-0.2, 0) is 4.74 Å². The van der Waals surface area contributed by atoms with Crippen molar-refractivity contribution in [3.8, 4) is 0 Å². The van der Waals surface area contributed by atoms with Gasteiger partial charge in [0.2, 0.25) is 0 Å². The molecule has 32 heavy (non-hydrogen) atoms.